The number of hydrogen-bond acceptors (Lipinski definition) is 5. The van der Waals surface area contributed by atoms with Gasteiger partial charge >= 0.3 is 0 Å². The van der Waals surface area contributed by atoms with E-state index in [2.05, 4.69) is 20.7 Å². The van der Waals surface area contributed by atoms with Crippen LogP contribution in [0.25, 0.3) is 0 Å². The van der Waals surface area contributed by atoms with E-state index in [0.29, 0.717) is 24.5 Å². The lowest BCUT2D eigenvalue weighted by atomic mass is 10.0. The Morgan fingerprint density at radius 2 is 2.32 bits per heavy atom. The van der Waals surface area contributed by atoms with Crippen LogP contribution in [-0.4, -0.2) is 51.3 Å². The van der Waals surface area contributed by atoms with E-state index in [1.54, 1.807) is 24.0 Å². The zero-order chi connectivity index (χ0) is 15.5. The van der Waals surface area contributed by atoms with Gasteiger partial charge in [-0.25, -0.2) is 0 Å². The summed E-state index contributed by atoms with van der Waals surface area (Å²) in [6, 6.07) is 3.23. The first-order chi connectivity index (χ1) is 10.6. The number of piperidine rings is 1. The molecule has 0 radical (unpaired) electrons. The van der Waals surface area contributed by atoms with Crippen LogP contribution in [0.1, 0.15) is 39.6 Å². The van der Waals surface area contributed by atoms with E-state index in [1.807, 2.05) is 0 Å². The number of H-pyrrole nitrogens is 1. The minimum Gasteiger partial charge on any atom is -0.459 e. The van der Waals surface area contributed by atoms with E-state index in [9.17, 15) is 9.59 Å². The number of carbonyl (C=O) groups is 2. The Kier molecular flexibility index (Phi) is 3.90. The Morgan fingerprint density at radius 1 is 1.45 bits per heavy atom. The fourth-order valence-electron chi connectivity index (χ4n) is 2.59. The van der Waals surface area contributed by atoms with Gasteiger partial charge in [0, 0.05) is 19.1 Å². The van der Waals surface area contributed by atoms with Crippen molar-refractivity contribution in [1.82, 2.24) is 25.6 Å². The molecule has 0 saturated carbocycles. The van der Waals surface area contributed by atoms with Gasteiger partial charge in [0.2, 0.25) is 0 Å². The van der Waals surface area contributed by atoms with Gasteiger partial charge in [-0.15, -0.1) is 0 Å². The third-order valence-electron chi connectivity index (χ3n) is 3.71. The first-order valence-electron chi connectivity index (χ1n) is 7.16. The van der Waals surface area contributed by atoms with Crippen molar-refractivity contribution in [2.75, 3.05) is 13.1 Å². The Morgan fingerprint density at radius 3 is 3.00 bits per heavy atom. The zero-order valence-electron chi connectivity index (χ0n) is 12.2. The van der Waals surface area contributed by atoms with Gasteiger partial charge in [-0.2, -0.15) is 15.4 Å². The molecule has 1 saturated heterocycles. The summed E-state index contributed by atoms with van der Waals surface area (Å²) in [4.78, 5) is 26.1. The molecular formula is C14H17N5O3. The number of nitrogens with one attached hydrogen (secondary N) is 2. The molecule has 3 heterocycles. The number of nitrogens with zero attached hydrogens (tertiary/aromatic N) is 3. The lowest BCUT2D eigenvalue weighted by Gasteiger charge is -2.32. The highest BCUT2D eigenvalue weighted by atomic mass is 16.3. The zero-order valence-corrected chi connectivity index (χ0v) is 12.2. The number of aryl methyl sites for hydroxylation is 1. The summed E-state index contributed by atoms with van der Waals surface area (Å²) in [6.45, 7) is 2.84. The molecule has 8 heteroatoms. The van der Waals surface area contributed by atoms with Gasteiger partial charge in [0.15, 0.2) is 11.5 Å². The van der Waals surface area contributed by atoms with Crippen LogP contribution < -0.4 is 5.32 Å². The molecule has 0 aliphatic carbocycles. The van der Waals surface area contributed by atoms with Crippen molar-refractivity contribution < 1.29 is 14.0 Å². The third-order valence-corrected chi connectivity index (χ3v) is 3.71. The Balaban J connectivity index is 1.62. The van der Waals surface area contributed by atoms with Crippen LogP contribution in [0.4, 0.5) is 0 Å². The molecule has 0 aromatic carbocycles. The highest BCUT2D eigenvalue weighted by Gasteiger charge is 2.27. The summed E-state index contributed by atoms with van der Waals surface area (Å²) in [5, 5.41) is 13.0. The van der Waals surface area contributed by atoms with E-state index in [4.69, 9.17) is 4.42 Å². The summed E-state index contributed by atoms with van der Waals surface area (Å²) in [6.07, 6.45) is 3.13. The standard InChI is InChI=1S/C14H17N5O3/c1-9-12(17-18-16-9)13(20)15-10-4-2-6-19(8-10)14(21)11-5-3-7-22-11/h3,5,7,10H,2,4,6,8H2,1H3,(H,15,20)(H,16,17,18). The van der Waals surface area contributed by atoms with Crippen molar-refractivity contribution >= 4 is 11.8 Å². The van der Waals surface area contributed by atoms with Gasteiger partial charge in [0.05, 0.1) is 12.0 Å². The Hall–Kier alpha value is -2.64. The quantitative estimate of drug-likeness (QED) is 0.870. The number of likely N-dealkylation sites (tertiary alicyclic amines) is 1. The molecule has 2 aromatic rings. The molecule has 1 aliphatic rings. The highest BCUT2D eigenvalue weighted by Crippen LogP contribution is 2.15. The average Bonchev–Trinajstić information content (AvgIpc) is 3.18. The van der Waals surface area contributed by atoms with Gasteiger partial charge in [0.25, 0.3) is 11.8 Å². The SMILES string of the molecule is Cc1n[nH]nc1C(=O)NC1CCCN(C(=O)c2ccco2)C1. The number of carbonyl (C=O) groups excluding carboxylic acids is 2. The molecule has 1 aliphatic heterocycles. The fraction of sp³-hybridized carbons (Fsp3) is 0.429. The summed E-state index contributed by atoms with van der Waals surface area (Å²) in [7, 11) is 0. The third kappa shape index (κ3) is 2.85. The Labute approximate surface area is 126 Å². The molecular weight excluding hydrogens is 286 g/mol. The normalized spacial score (nSPS) is 18.2. The van der Waals surface area contributed by atoms with Crippen LogP contribution in [0.5, 0.6) is 0 Å². The van der Waals surface area contributed by atoms with Crippen LogP contribution in [-0.2, 0) is 0 Å². The summed E-state index contributed by atoms with van der Waals surface area (Å²) >= 11 is 0. The molecule has 22 heavy (non-hydrogen) atoms. The molecule has 116 valence electrons. The van der Waals surface area contributed by atoms with Crippen molar-refractivity contribution in [2.45, 2.75) is 25.8 Å². The van der Waals surface area contributed by atoms with E-state index < -0.39 is 0 Å². The number of rotatable bonds is 3. The molecule has 2 aromatic heterocycles. The van der Waals surface area contributed by atoms with Crippen molar-refractivity contribution in [3.05, 3.63) is 35.5 Å². The smallest absolute Gasteiger partial charge is 0.289 e. The van der Waals surface area contributed by atoms with Gasteiger partial charge < -0.3 is 14.6 Å². The summed E-state index contributed by atoms with van der Waals surface area (Å²) < 4.78 is 5.14. The number of aromatic nitrogens is 3. The summed E-state index contributed by atoms with van der Waals surface area (Å²) in [5.41, 5.74) is 0.839. The van der Waals surface area contributed by atoms with E-state index in [1.165, 1.54) is 6.26 Å². The van der Waals surface area contributed by atoms with E-state index in [0.717, 1.165) is 12.8 Å². The second kappa shape index (κ2) is 6.00. The lowest BCUT2D eigenvalue weighted by molar-refractivity contribution is 0.0646. The van der Waals surface area contributed by atoms with Gasteiger partial charge in [-0.05, 0) is 31.9 Å². The van der Waals surface area contributed by atoms with Crippen LogP contribution in [0.15, 0.2) is 22.8 Å². The van der Waals surface area contributed by atoms with Crippen LogP contribution in [0.2, 0.25) is 0 Å². The van der Waals surface area contributed by atoms with Crippen molar-refractivity contribution in [2.24, 2.45) is 0 Å². The maximum atomic E-state index is 12.3. The molecule has 3 rings (SSSR count). The molecule has 2 amide bonds. The number of amides is 2. The maximum absolute atomic E-state index is 12.3. The Bertz CT molecular complexity index is 664. The first-order valence-corrected chi connectivity index (χ1v) is 7.16. The molecule has 0 spiro atoms. The largest absolute Gasteiger partial charge is 0.459 e. The minimum atomic E-state index is -0.274. The molecule has 1 atom stereocenters. The van der Waals surface area contributed by atoms with E-state index in [-0.39, 0.29) is 23.6 Å². The van der Waals surface area contributed by atoms with Gasteiger partial charge in [0.1, 0.15) is 0 Å². The predicted octanol–water partition coefficient (Wildman–Crippen LogP) is 0.741. The number of hydrogen-bond donors (Lipinski definition) is 2. The minimum absolute atomic E-state index is 0.101. The number of furan rings is 1. The second-order valence-corrected chi connectivity index (χ2v) is 5.30. The van der Waals surface area contributed by atoms with Crippen molar-refractivity contribution in [3.63, 3.8) is 0 Å². The lowest BCUT2D eigenvalue weighted by Crippen LogP contribution is -2.49. The van der Waals surface area contributed by atoms with Crippen LogP contribution in [0.3, 0.4) is 0 Å². The first kappa shape index (κ1) is 14.3. The fourth-order valence-corrected chi connectivity index (χ4v) is 2.59. The highest BCUT2D eigenvalue weighted by molar-refractivity contribution is 5.93. The van der Waals surface area contributed by atoms with Crippen molar-refractivity contribution in [3.8, 4) is 0 Å². The van der Waals surface area contributed by atoms with Crippen LogP contribution >= 0.6 is 0 Å². The number of aromatic amines is 1. The maximum Gasteiger partial charge on any atom is 0.289 e. The van der Waals surface area contributed by atoms with Crippen LogP contribution in [0, 0.1) is 6.92 Å². The van der Waals surface area contributed by atoms with Gasteiger partial charge in [-0.3, -0.25) is 9.59 Å². The van der Waals surface area contributed by atoms with E-state index >= 15 is 0 Å². The molecule has 1 fully saturated rings. The van der Waals surface area contributed by atoms with Gasteiger partial charge in [-0.1, -0.05) is 0 Å². The molecule has 2 N–H and O–H groups in total. The second-order valence-electron chi connectivity index (χ2n) is 5.30. The van der Waals surface area contributed by atoms with Crippen molar-refractivity contribution in [1.29, 1.82) is 0 Å². The molecule has 1 unspecified atom stereocenters. The summed E-state index contributed by atoms with van der Waals surface area (Å²) in [5.74, 6) is -0.107. The monoisotopic (exact) mass is 303 g/mol. The topological polar surface area (TPSA) is 104 Å². The average molecular weight is 303 g/mol. The molecule has 8 nitrogen and oxygen atoms in total. The molecule has 0 bridgehead atoms. The predicted molar refractivity (Wildman–Crippen MR) is 76.2 cm³/mol.